The Labute approximate surface area is 141 Å². The topological polar surface area (TPSA) is 45.2 Å². The molecule has 2 aromatic rings. The molecule has 5 heteroatoms. The number of hydrogen-bond donors (Lipinski definition) is 1. The van der Waals surface area contributed by atoms with Crippen LogP contribution in [0.3, 0.4) is 0 Å². The molecular weight excluding hydrogens is 306 g/mol. The van der Waals surface area contributed by atoms with Crippen molar-refractivity contribution in [2.75, 3.05) is 13.6 Å². The number of rotatable bonds is 4. The van der Waals surface area contributed by atoms with E-state index in [-0.39, 0.29) is 11.9 Å². The van der Waals surface area contributed by atoms with Crippen molar-refractivity contribution in [3.63, 3.8) is 0 Å². The quantitative estimate of drug-likeness (QED) is 0.936. The first kappa shape index (κ1) is 16.1. The van der Waals surface area contributed by atoms with Crippen LogP contribution in [0.5, 0.6) is 0 Å². The standard InChI is InChI=1S/C18H23N3OS/c1-21-11-7-3-6-10-16(21)17(22)19-12-15-13-23-18(20-15)14-8-4-2-5-9-14/h2,4-5,8-9,13,16H,3,6-7,10-12H2,1H3,(H,19,22)/t16-/m1/s1. The molecule has 1 saturated heterocycles. The first-order valence-corrected chi connectivity index (χ1v) is 9.10. The predicted octanol–water partition coefficient (Wildman–Crippen LogP) is 3.30. The van der Waals surface area contributed by atoms with E-state index in [9.17, 15) is 4.79 Å². The zero-order valence-electron chi connectivity index (χ0n) is 13.5. The number of benzene rings is 1. The van der Waals surface area contributed by atoms with Crippen molar-refractivity contribution >= 4 is 17.2 Å². The van der Waals surface area contributed by atoms with E-state index >= 15 is 0 Å². The van der Waals surface area contributed by atoms with E-state index in [4.69, 9.17) is 0 Å². The summed E-state index contributed by atoms with van der Waals surface area (Å²) >= 11 is 1.62. The number of likely N-dealkylation sites (tertiary alicyclic amines) is 1. The summed E-state index contributed by atoms with van der Waals surface area (Å²) in [6.07, 6.45) is 4.50. The van der Waals surface area contributed by atoms with E-state index in [1.165, 1.54) is 12.8 Å². The summed E-state index contributed by atoms with van der Waals surface area (Å²) in [5, 5.41) is 6.08. The molecule has 0 unspecified atom stereocenters. The zero-order valence-corrected chi connectivity index (χ0v) is 14.3. The van der Waals surface area contributed by atoms with Crippen LogP contribution in [0.25, 0.3) is 10.6 Å². The Morgan fingerprint density at radius 1 is 1.30 bits per heavy atom. The first-order chi connectivity index (χ1) is 11.2. The van der Waals surface area contributed by atoms with E-state index in [1.54, 1.807) is 11.3 Å². The monoisotopic (exact) mass is 329 g/mol. The number of likely N-dealkylation sites (N-methyl/N-ethyl adjacent to an activating group) is 1. The molecule has 1 atom stereocenters. The van der Waals surface area contributed by atoms with Crippen molar-refractivity contribution in [2.45, 2.75) is 38.3 Å². The van der Waals surface area contributed by atoms with Gasteiger partial charge in [0.05, 0.1) is 18.3 Å². The first-order valence-electron chi connectivity index (χ1n) is 8.22. The van der Waals surface area contributed by atoms with E-state index in [1.807, 2.05) is 30.6 Å². The van der Waals surface area contributed by atoms with Gasteiger partial charge in [-0.3, -0.25) is 9.69 Å². The second kappa shape index (κ2) is 7.70. The van der Waals surface area contributed by atoms with E-state index in [2.05, 4.69) is 27.3 Å². The number of nitrogens with one attached hydrogen (secondary N) is 1. The molecule has 1 fully saturated rings. The molecule has 4 nitrogen and oxygen atoms in total. The molecule has 0 spiro atoms. The molecule has 122 valence electrons. The van der Waals surface area contributed by atoms with Gasteiger partial charge in [0.25, 0.3) is 0 Å². The van der Waals surface area contributed by atoms with Gasteiger partial charge in [0.15, 0.2) is 0 Å². The Morgan fingerprint density at radius 3 is 2.96 bits per heavy atom. The zero-order chi connectivity index (χ0) is 16.1. The molecule has 0 radical (unpaired) electrons. The van der Waals surface area contributed by atoms with Gasteiger partial charge in [0, 0.05) is 10.9 Å². The van der Waals surface area contributed by atoms with E-state index in [0.717, 1.165) is 35.7 Å². The van der Waals surface area contributed by atoms with Crippen molar-refractivity contribution in [2.24, 2.45) is 0 Å². The second-order valence-electron chi connectivity index (χ2n) is 6.07. The summed E-state index contributed by atoms with van der Waals surface area (Å²) in [6.45, 7) is 1.51. The molecule has 3 rings (SSSR count). The Balaban J connectivity index is 1.58. The Hall–Kier alpha value is -1.72. The second-order valence-corrected chi connectivity index (χ2v) is 6.93. The smallest absolute Gasteiger partial charge is 0.237 e. The van der Waals surface area contributed by atoms with Gasteiger partial charge >= 0.3 is 0 Å². The van der Waals surface area contributed by atoms with Crippen LogP contribution in [0, 0.1) is 0 Å². The third kappa shape index (κ3) is 4.18. The summed E-state index contributed by atoms with van der Waals surface area (Å²) in [5.41, 5.74) is 2.05. The molecule has 1 aliphatic heterocycles. The predicted molar refractivity (Wildman–Crippen MR) is 94.3 cm³/mol. The number of aromatic nitrogens is 1. The van der Waals surface area contributed by atoms with Crippen molar-refractivity contribution in [1.29, 1.82) is 0 Å². The van der Waals surface area contributed by atoms with Crippen LogP contribution in [-0.2, 0) is 11.3 Å². The van der Waals surface area contributed by atoms with Gasteiger partial charge in [-0.2, -0.15) is 0 Å². The lowest BCUT2D eigenvalue weighted by Gasteiger charge is -2.24. The fraction of sp³-hybridized carbons (Fsp3) is 0.444. The fourth-order valence-corrected chi connectivity index (χ4v) is 3.81. The van der Waals surface area contributed by atoms with Gasteiger partial charge in [-0.05, 0) is 26.4 Å². The van der Waals surface area contributed by atoms with Crippen LogP contribution >= 0.6 is 11.3 Å². The molecule has 1 aliphatic rings. The molecule has 2 heterocycles. The fourth-order valence-electron chi connectivity index (χ4n) is 2.98. The molecule has 1 amide bonds. The highest BCUT2D eigenvalue weighted by molar-refractivity contribution is 7.13. The number of thiazole rings is 1. The molecule has 0 aliphatic carbocycles. The van der Waals surface area contributed by atoms with Gasteiger partial charge in [0.1, 0.15) is 5.01 Å². The lowest BCUT2D eigenvalue weighted by Crippen LogP contribution is -2.44. The minimum Gasteiger partial charge on any atom is -0.349 e. The third-order valence-corrected chi connectivity index (χ3v) is 5.28. The van der Waals surface area contributed by atoms with Crippen molar-refractivity contribution < 1.29 is 4.79 Å². The molecule has 1 N–H and O–H groups in total. The number of hydrogen-bond acceptors (Lipinski definition) is 4. The van der Waals surface area contributed by atoms with Gasteiger partial charge in [0.2, 0.25) is 5.91 Å². The Morgan fingerprint density at radius 2 is 2.13 bits per heavy atom. The maximum absolute atomic E-state index is 12.4. The van der Waals surface area contributed by atoms with Crippen LogP contribution in [0.4, 0.5) is 0 Å². The Bertz CT molecular complexity index is 641. The minimum atomic E-state index is 0.00438. The summed E-state index contributed by atoms with van der Waals surface area (Å²) in [7, 11) is 2.05. The SMILES string of the molecule is CN1CCCCC[C@@H]1C(=O)NCc1csc(-c2ccccc2)n1. The molecule has 0 bridgehead atoms. The number of carbonyl (C=O) groups excluding carboxylic acids is 1. The maximum Gasteiger partial charge on any atom is 0.237 e. The van der Waals surface area contributed by atoms with E-state index < -0.39 is 0 Å². The van der Waals surface area contributed by atoms with Gasteiger partial charge in [-0.25, -0.2) is 4.98 Å². The highest BCUT2D eigenvalue weighted by Gasteiger charge is 2.24. The summed E-state index contributed by atoms with van der Waals surface area (Å²) in [4.78, 5) is 19.2. The third-order valence-electron chi connectivity index (χ3n) is 4.34. The molecular formula is C18H23N3OS. The average molecular weight is 329 g/mol. The van der Waals surface area contributed by atoms with Crippen LogP contribution in [-0.4, -0.2) is 35.4 Å². The number of nitrogens with zero attached hydrogens (tertiary/aromatic N) is 2. The van der Waals surface area contributed by atoms with Crippen molar-refractivity contribution in [1.82, 2.24) is 15.2 Å². The van der Waals surface area contributed by atoms with Gasteiger partial charge < -0.3 is 5.32 Å². The van der Waals surface area contributed by atoms with Crippen LogP contribution in [0.2, 0.25) is 0 Å². The maximum atomic E-state index is 12.4. The van der Waals surface area contributed by atoms with Crippen LogP contribution in [0.1, 0.15) is 31.4 Å². The van der Waals surface area contributed by atoms with Gasteiger partial charge in [-0.1, -0.05) is 43.2 Å². The number of carbonyl (C=O) groups is 1. The number of amides is 1. The highest BCUT2D eigenvalue weighted by Crippen LogP contribution is 2.23. The van der Waals surface area contributed by atoms with Crippen molar-refractivity contribution in [3.8, 4) is 10.6 Å². The van der Waals surface area contributed by atoms with Gasteiger partial charge in [-0.15, -0.1) is 11.3 Å². The molecule has 0 saturated carbocycles. The molecule has 23 heavy (non-hydrogen) atoms. The highest BCUT2D eigenvalue weighted by atomic mass is 32.1. The summed E-state index contributed by atoms with van der Waals surface area (Å²) in [5.74, 6) is 0.128. The van der Waals surface area contributed by atoms with E-state index in [0.29, 0.717) is 6.54 Å². The molecule has 1 aromatic heterocycles. The molecule has 1 aromatic carbocycles. The van der Waals surface area contributed by atoms with Crippen LogP contribution < -0.4 is 5.32 Å². The lowest BCUT2D eigenvalue weighted by molar-refractivity contribution is -0.126. The summed E-state index contributed by atoms with van der Waals surface area (Å²) < 4.78 is 0. The Kier molecular flexibility index (Phi) is 5.41. The minimum absolute atomic E-state index is 0.00438. The van der Waals surface area contributed by atoms with Crippen LogP contribution in [0.15, 0.2) is 35.7 Å². The summed E-state index contributed by atoms with van der Waals surface area (Å²) in [6, 6.07) is 10.1. The average Bonchev–Trinajstić information content (AvgIpc) is 2.95. The lowest BCUT2D eigenvalue weighted by atomic mass is 10.1. The normalized spacial score (nSPS) is 19.3. The largest absolute Gasteiger partial charge is 0.349 e. The van der Waals surface area contributed by atoms with Crippen molar-refractivity contribution in [3.05, 3.63) is 41.4 Å².